The average Bonchev–Trinajstić information content (AvgIpc) is 2.72. The number of likely N-dealkylation sites (N-methyl/N-ethyl adjacent to an activating group) is 3. The van der Waals surface area contributed by atoms with Crippen LogP contribution >= 0.6 is 0 Å². The lowest BCUT2D eigenvalue weighted by atomic mass is 10.0. The molecule has 0 aliphatic carbocycles. The summed E-state index contributed by atoms with van der Waals surface area (Å²) in [5, 5.41) is 6.15. The molecule has 1 amide bonds. The van der Waals surface area contributed by atoms with Gasteiger partial charge >= 0.3 is 0 Å². The van der Waals surface area contributed by atoms with Crippen molar-refractivity contribution in [1.82, 2.24) is 15.5 Å². The van der Waals surface area contributed by atoms with E-state index >= 15 is 0 Å². The van der Waals surface area contributed by atoms with E-state index in [0.29, 0.717) is 13.2 Å². The third-order valence-electron chi connectivity index (χ3n) is 2.84. The molecule has 1 saturated heterocycles. The summed E-state index contributed by atoms with van der Waals surface area (Å²) < 4.78 is 5.31. The van der Waals surface area contributed by atoms with Gasteiger partial charge in [-0.2, -0.15) is 0 Å². The van der Waals surface area contributed by atoms with Gasteiger partial charge in [0.25, 0.3) is 0 Å². The Bertz CT molecular complexity index is 211. The summed E-state index contributed by atoms with van der Waals surface area (Å²) in [6, 6.07) is 0.162. The highest BCUT2D eigenvalue weighted by atomic mass is 16.5. The lowest BCUT2D eigenvalue weighted by Gasteiger charge is -2.23. The summed E-state index contributed by atoms with van der Waals surface area (Å²) in [5.74, 6) is 0.138. The van der Waals surface area contributed by atoms with Crippen LogP contribution in [0.4, 0.5) is 0 Å². The van der Waals surface area contributed by atoms with Crippen LogP contribution in [-0.2, 0) is 9.53 Å². The zero-order chi connectivity index (χ0) is 11.3. The Labute approximate surface area is 91.2 Å². The van der Waals surface area contributed by atoms with Crippen molar-refractivity contribution in [1.29, 1.82) is 0 Å². The fourth-order valence-corrected chi connectivity index (χ4v) is 1.75. The molecule has 0 aromatic carbocycles. The molecular formula is C10H21N3O2. The molecule has 0 saturated carbocycles. The highest BCUT2D eigenvalue weighted by Crippen LogP contribution is 2.15. The van der Waals surface area contributed by atoms with Crippen LogP contribution in [0.3, 0.4) is 0 Å². The van der Waals surface area contributed by atoms with Crippen LogP contribution in [0.25, 0.3) is 0 Å². The molecule has 0 radical (unpaired) electrons. The first-order chi connectivity index (χ1) is 7.20. The molecule has 0 aromatic heterocycles. The summed E-state index contributed by atoms with van der Waals surface area (Å²) in [6.45, 7) is 2.73. The van der Waals surface area contributed by atoms with E-state index in [1.165, 1.54) is 0 Å². The molecular weight excluding hydrogens is 194 g/mol. The SMILES string of the molecule is CNCCN(C)C(=O)C1COCC1NC. The Hall–Kier alpha value is -0.650. The number of ether oxygens (including phenoxy) is 1. The zero-order valence-electron chi connectivity index (χ0n) is 9.75. The molecule has 1 aliphatic rings. The van der Waals surface area contributed by atoms with Gasteiger partial charge in [0.1, 0.15) is 0 Å². The molecule has 2 atom stereocenters. The number of rotatable bonds is 5. The molecule has 1 heterocycles. The molecule has 5 heteroatoms. The average molecular weight is 215 g/mol. The summed E-state index contributed by atoms with van der Waals surface area (Å²) in [6.07, 6.45) is 0. The predicted molar refractivity (Wildman–Crippen MR) is 58.7 cm³/mol. The van der Waals surface area contributed by atoms with Crippen LogP contribution in [0, 0.1) is 5.92 Å². The minimum Gasteiger partial charge on any atom is -0.379 e. The van der Waals surface area contributed by atoms with Crippen molar-refractivity contribution in [2.75, 3.05) is 47.4 Å². The monoisotopic (exact) mass is 215 g/mol. The van der Waals surface area contributed by atoms with E-state index in [0.717, 1.165) is 13.1 Å². The van der Waals surface area contributed by atoms with Crippen LogP contribution in [-0.4, -0.2) is 64.3 Å². The Morgan fingerprint density at radius 3 is 2.80 bits per heavy atom. The van der Waals surface area contributed by atoms with Crippen molar-refractivity contribution >= 4 is 5.91 Å². The third kappa shape index (κ3) is 3.15. The van der Waals surface area contributed by atoms with E-state index in [4.69, 9.17) is 4.74 Å². The summed E-state index contributed by atoms with van der Waals surface area (Å²) in [4.78, 5) is 13.8. The second-order valence-electron chi connectivity index (χ2n) is 3.90. The van der Waals surface area contributed by atoms with E-state index < -0.39 is 0 Å². The topological polar surface area (TPSA) is 53.6 Å². The molecule has 15 heavy (non-hydrogen) atoms. The van der Waals surface area contributed by atoms with E-state index in [9.17, 15) is 4.79 Å². The van der Waals surface area contributed by atoms with Crippen molar-refractivity contribution < 1.29 is 9.53 Å². The second-order valence-corrected chi connectivity index (χ2v) is 3.90. The van der Waals surface area contributed by atoms with Crippen molar-refractivity contribution in [2.24, 2.45) is 5.92 Å². The maximum Gasteiger partial charge on any atom is 0.229 e. The fraction of sp³-hybridized carbons (Fsp3) is 0.900. The smallest absolute Gasteiger partial charge is 0.229 e. The maximum atomic E-state index is 12.0. The van der Waals surface area contributed by atoms with Crippen molar-refractivity contribution in [3.8, 4) is 0 Å². The largest absolute Gasteiger partial charge is 0.379 e. The minimum absolute atomic E-state index is 0.0307. The lowest BCUT2D eigenvalue weighted by Crippen LogP contribution is -2.44. The Balaban J connectivity index is 2.44. The molecule has 0 aromatic rings. The van der Waals surface area contributed by atoms with Gasteiger partial charge in [0.15, 0.2) is 0 Å². The first kappa shape index (κ1) is 12.4. The third-order valence-corrected chi connectivity index (χ3v) is 2.84. The number of hydrogen-bond acceptors (Lipinski definition) is 4. The van der Waals surface area contributed by atoms with Crippen molar-refractivity contribution in [3.05, 3.63) is 0 Å². The highest BCUT2D eigenvalue weighted by Gasteiger charge is 2.34. The van der Waals surface area contributed by atoms with Gasteiger partial charge < -0.3 is 20.3 Å². The molecule has 88 valence electrons. The van der Waals surface area contributed by atoms with Gasteiger partial charge in [-0.25, -0.2) is 0 Å². The Morgan fingerprint density at radius 2 is 2.20 bits per heavy atom. The molecule has 2 unspecified atom stereocenters. The molecule has 5 nitrogen and oxygen atoms in total. The maximum absolute atomic E-state index is 12.0. The van der Waals surface area contributed by atoms with Crippen LogP contribution in [0.1, 0.15) is 0 Å². The van der Waals surface area contributed by atoms with Crippen LogP contribution in [0.2, 0.25) is 0 Å². The zero-order valence-corrected chi connectivity index (χ0v) is 9.75. The number of nitrogens with zero attached hydrogens (tertiary/aromatic N) is 1. The van der Waals surface area contributed by atoms with E-state index in [1.807, 2.05) is 21.1 Å². The van der Waals surface area contributed by atoms with Gasteiger partial charge in [-0.1, -0.05) is 0 Å². The highest BCUT2D eigenvalue weighted by molar-refractivity contribution is 5.79. The molecule has 1 fully saturated rings. The normalized spacial score (nSPS) is 25.5. The molecule has 1 aliphatic heterocycles. The number of hydrogen-bond donors (Lipinski definition) is 2. The van der Waals surface area contributed by atoms with Gasteiger partial charge in [0.2, 0.25) is 5.91 Å². The number of amides is 1. The Morgan fingerprint density at radius 1 is 1.47 bits per heavy atom. The van der Waals surface area contributed by atoms with Crippen LogP contribution in [0.15, 0.2) is 0 Å². The van der Waals surface area contributed by atoms with E-state index in [2.05, 4.69) is 10.6 Å². The van der Waals surface area contributed by atoms with Gasteiger partial charge in [0.05, 0.1) is 19.1 Å². The minimum atomic E-state index is -0.0307. The number of carbonyl (C=O) groups is 1. The second kappa shape index (κ2) is 6.05. The quantitative estimate of drug-likeness (QED) is 0.611. The van der Waals surface area contributed by atoms with Gasteiger partial charge in [-0.05, 0) is 14.1 Å². The van der Waals surface area contributed by atoms with Gasteiger partial charge in [0, 0.05) is 26.2 Å². The van der Waals surface area contributed by atoms with Gasteiger partial charge in [-0.3, -0.25) is 4.79 Å². The molecule has 0 spiro atoms. The summed E-state index contributed by atoms with van der Waals surface area (Å²) in [5.41, 5.74) is 0. The fourth-order valence-electron chi connectivity index (χ4n) is 1.75. The van der Waals surface area contributed by atoms with Crippen LogP contribution in [0.5, 0.6) is 0 Å². The summed E-state index contributed by atoms with van der Waals surface area (Å²) >= 11 is 0. The number of carbonyl (C=O) groups excluding carboxylic acids is 1. The molecule has 0 bridgehead atoms. The standard InChI is InChI=1S/C10H21N3O2/c1-11-4-5-13(3)10(14)8-6-15-7-9(8)12-2/h8-9,11-12H,4-7H2,1-3H3. The first-order valence-electron chi connectivity index (χ1n) is 5.35. The van der Waals surface area contributed by atoms with Crippen molar-refractivity contribution in [2.45, 2.75) is 6.04 Å². The lowest BCUT2D eigenvalue weighted by molar-refractivity contribution is -0.134. The van der Waals surface area contributed by atoms with Gasteiger partial charge in [-0.15, -0.1) is 0 Å². The molecule has 2 N–H and O–H groups in total. The number of nitrogens with one attached hydrogen (secondary N) is 2. The Kier molecular flexibility index (Phi) is 5.01. The summed E-state index contributed by atoms with van der Waals surface area (Å²) in [7, 11) is 5.59. The van der Waals surface area contributed by atoms with Crippen molar-refractivity contribution in [3.63, 3.8) is 0 Å². The van der Waals surface area contributed by atoms with E-state index in [1.54, 1.807) is 4.90 Å². The van der Waals surface area contributed by atoms with Crippen LogP contribution < -0.4 is 10.6 Å². The predicted octanol–water partition coefficient (Wildman–Crippen LogP) is -1.10. The first-order valence-corrected chi connectivity index (χ1v) is 5.35. The molecule has 1 rings (SSSR count). The van der Waals surface area contributed by atoms with E-state index in [-0.39, 0.29) is 17.9 Å².